The summed E-state index contributed by atoms with van der Waals surface area (Å²) in [5.74, 6) is 2.08. The third kappa shape index (κ3) is 6.06. The summed E-state index contributed by atoms with van der Waals surface area (Å²) in [7, 11) is 3.53. The molecule has 0 aliphatic carbocycles. The van der Waals surface area contributed by atoms with E-state index >= 15 is 0 Å². The summed E-state index contributed by atoms with van der Waals surface area (Å²) in [5, 5.41) is 9.78. The molecule has 0 saturated heterocycles. The zero-order valence-electron chi connectivity index (χ0n) is 14.8. The Morgan fingerprint density at radius 1 is 1.23 bits per heavy atom. The fourth-order valence-corrected chi connectivity index (χ4v) is 3.38. The van der Waals surface area contributed by atoms with Crippen LogP contribution in [0.15, 0.2) is 30.5 Å². The third-order valence-corrected chi connectivity index (χ3v) is 5.19. The van der Waals surface area contributed by atoms with Crippen LogP contribution in [0.25, 0.3) is 0 Å². The zero-order chi connectivity index (χ0) is 18.8. The van der Waals surface area contributed by atoms with Crippen LogP contribution in [0, 0.1) is 10.2 Å². The summed E-state index contributed by atoms with van der Waals surface area (Å²) in [6, 6.07) is 7.53. The molecule has 0 atom stereocenters. The van der Waals surface area contributed by atoms with Gasteiger partial charge in [-0.3, -0.25) is 0 Å². The molecule has 0 bridgehead atoms. The molecule has 6 nitrogen and oxygen atoms in total. The van der Waals surface area contributed by atoms with Gasteiger partial charge in [0.15, 0.2) is 0 Å². The van der Waals surface area contributed by atoms with Crippen LogP contribution in [-0.4, -0.2) is 45.7 Å². The van der Waals surface area contributed by atoms with E-state index in [-0.39, 0.29) is 20.2 Å². The molecule has 0 aliphatic rings. The van der Waals surface area contributed by atoms with E-state index in [0.29, 0.717) is 23.9 Å². The van der Waals surface area contributed by atoms with Crippen LogP contribution in [0.4, 0.5) is 11.5 Å². The van der Waals surface area contributed by atoms with E-state index in [0.717, 1.165) is 30.3 Å². The molecule has 0 fully saturated rings. The van der Waals surface area contributed by atoms with Gasteiger partial charge in [-0.25, -0.2) is 4.98 Å². The van der Waals surface area contributed by atoms with Gasteiger partial charge in [0, 0.05) is 6.20 Å². The number of nitriles is 1. The quantitative estimate of drug-likeness (QED) is 0.316. The predicted octanol–water partition coefficient (Wildman–Crippen LogP) is 4.06. The Labute approximate surface area is 165 Å². The Morgan fingerprint density at radius 2 is 2.08 bits per heavy atom. The van der Waals surface area contributed by atoms with E-state index in [1.807, 2.05) is 30.1 Å². The normalized spacial score (nSPS) is 10.2. The predicted molar refractivity (Wildman–Crippen MR) is 104 cm³/mol. The Bertz CT molecular complexity index is 754. The summed E-state index contributed by atoms with van der Waals surface area (Å²) in [5.41, 5.74) is 0.910. The van der Waals surface area contributed by atoms with E-state index in [4.69, 9.17) is 26.3 Å². The Balaban J connectivity index is 2.00. The van der Waals surface area contributed by atoms with Crippen LogP contribution in [0.1, 0.15) is 19.3 Å². The van der Waals surface area contributed by atoms with Gasteiger partial charge in [-0.1, -0.05) is 0 Å². The van der Waals surface area contributed by atoms with Gasteiger partial charge < -0.3 is 0 Å². The van der Waals surface area contributed by atoms with E-state index < -0.39 is 0 Å². The molecule has 0 spiro atoms. The Hall–Kier alpha value is -2.00. The molecule has 0 unspecified atom stereocenters. The SMILES string of the molecule is COc1ccc(N(C)c2ccnc(Cl)n2)cc1OCCCCC[Se]C#N. The van der Waals surface area contributed by atoms with E-state index in [2.05, 4.69) is 14.9 Å². The fraction of sp³-hybridized carbons (Fsp3) is 0.389. The number of halogens is 1. The van der Waals surface area contributed by atoms with Crippen LogP contribution in [0.3, 0.4) is 0 Å². The summed E-state index contributed by atoms with van der Waals surface area (Å²) in [6.45, 7) is 0.614. The minimum atomic E-state index is 0.118. The number of nitrogens with zero attached hydrogens (tertiary/aromatic N) is 4. The summed E-state index contributed by atoms with van der Waals surface area (Å²) in [6.07, 6.45) is 4.71. The number of ether oxygens (including phenoxy) is 2. The van der Waals surface area contributed by atoms with Gasteiger partial charge >= 0.3 is 137 Å². The van der Waals surface area contributed by atoms with Crippen molar-refractivity contribution in [1.82, 2.24) is 9.97 Å². The number of unbranched alkanes of at least 4 members (excludes halogenated alkanes) is 2. The Morgan fingerprint density at radius 3 is 2.81 bits per heavy atom. The van der Waals surface area contributed by atoms with Crippen molar-refractivity contribution in [2.45, 2.75) is 24.6 Å². The Kier molecular flexibility index (Phi) is 8.49. The van der Waals surface area contributed by atoms with Gasteiger partial charge in [-0.15, -0.1) is 0 Å². The molecule has 0 saturated carbocycles. The molecule has 1 heterocycles. The molecule has 8 heteroatoms. The van der Waals surface area contributed by atoms with Gasteiger partial charge in [0.2, 0.25) is 5.28 Å². The van der Waals surface area contributed by atoms with Crippen LogP contribution >= 0.6 is 11.6 Å². The second-order valence-corrected chi connectivity index (χ2v) is 7.61. The van der Waals surface area contributed by atoms with Gasteiger partial charge in [-0.05, 0) is 11.6 Å². The van der Waals surface area contributed by atoms with Gasteiger partial charge in [0.25, 0.3) is 0 Å². The molecule has 138 valence electrons. The molecule has 2 aromatic rings. The van der Waals surface area contributed by atoms with E-state index in [1.165, 1.54) is 0 Å². The second-order valence-electron chi connectivity index (χ2n) is 5.43. The maximum atomic E-state index is 8.56. The van der Waals surface area contributed by atoms with Crippen molar-refractivity contribution in [2.75, 3.05) is 25.7 Å². The van der Waals surface area contributed by atoms with Gasteiger partial charge in [0.05, 0.1) is 0 Å². The van der Waals surface area contributed by atoms with Crippen LogP contribution in [0.5, 0.6) is 11.5 Å². The van der Waals surface area contributed by atoms with E-state index in [1.54, 1.807) is 19.4 Å². The average Bonchev–Trinajstić information content (AvgIpc) is 2.66. The van der Waals surface area contributed by atoms with Crippen LogP contribution < -0.4 is 14.4 Å². The number of methoxy groups -OCH3 is 1. The molecular weight excluding hydrogens is 419 g/mol. The molecule has 1 aromatic heterocycles. The molecule has 2 rings (SSSR count). The molecule has 1 aromatic carbocycles. The zero-order valence-corrected chi connectivity index (χ0v) is 17.3. The molecule has 0 N–H and O–H groups in total. The topological polar surface area (TPSA) is 71.3 Å². The number of benzene rings is 1. The number of hydrogen-bond acceptors (Lipinski definition) is 6. The van der Waals surface area contributed by atoms with Crippen molar-refractivity contribution in [3.05, 3.63) is 35.7 Å². The summed E-state index contributed by atoms with van der Waals surface area (Å²) < 4.78 is 11.3. The molecule has 26 heavy (non-hydrogen) atoms. The third-order valence-electron chi connectivity index (χ3n) is 3.70. The van der Waals surface area contributed by atoms with Crippen LogP contribution in [-0.2, 0) is 0 Å². The number of aromatic nitrogens is 2. The monoisotopic (exact) mass is 440 g/mol. The van der Waals surface area contributed by atoms with E-state index in [9.17, 15) is 0 Å². The molecular formula is C18H21ClN4O2Se. The maximum absolute atomic E-state index is 8.56. The summed E-state index contributed by atoms with van der Waals surface area (Å²) >= 11 is 5.99. The molecule has 0 radical (unpaired) electrons. The number of hydrogen-bond donors (Lipinski definition) is 0. The van der Waals surface area contributed by atoms with Crippen molar-refractivity contribution in [3.63, 3.8) is 0 Å². The molecule has 0 amide bonds. The van der Waals surface area contributed by atoms with Gasteiger partial charge in [0.1, 0.15) is 0 Å². The second kappa shape index (κ2) is 10.9. The van der Waals surface area contributed by atoms with Crippen molar-refractivity contribution in [3.8, 4) is 16.5 Å². The first kappa shape index (κ1) is 20.3. The number of rotatable bonds is 10. The summed E-state index contributed by atoms with van der Waals surface area (Å²) in [4.78, 5) is 12.3. The first-order chi connectivity index (χ1) is 12.7. The van der Waals surface area contributed by atoms with Crippen LogP contribution in [0.2, 0.25) is 10.6 Å². The first-order valence-corrected chi connectivity index (χ1v) is 10.6. The fourth-order valence-electron chi connectivity index (χ4n) is 2.31. The minimum absolute atomic E-state index is 0.118. The number of anilines is 2. The standard InChI is InChI=1S/C18H21ClN4O2Se/c1-23(17-8-9-21-18(19)22-17)14-6-7-15(24-2)16(12-14)25-10-4-3-5-11-26-13-20/h6-9,12H,3-5,10-11H2,1-2H3. The van der Waals surface area contributed by atoms with Gasteiger partial charge in [-0.2, -0.15) is 0 Å². The van der Waals surface area contributed by atoms with Crippen molar-refractivity contribution in [1.29, 1.82) is 5.26 Å². The molecule has 0 aliphatic heterocycles. The average molecular weight is 440 g/mol. The first-order valence-electron chi connectivity index (χ1n) is 8.19. The van der Waals surface area contributed by atoms with Crippen molar-refractivity contribution in [2.24, 2.45) is 0 Å². The van der Waals surface area contributed by atoms with Crippen molar-refractivity contribution >= 4 is 38.1 Å². The van der Waals surface area contributed by atoms with Crippen molar-refractivity contribution < 1.29 is 9.47 Å².